The van der Waals surface area contributed by atoms with Crippen LogP contribution in [0.3, 0.4) is 0 Å². The summed E-state index contributed by atoms with van der Waals surface area (Å²) < 4.78 is 5.32. The fourth-order valence-corrected chi connectivity index (χ4v) is 2.86. The highest BCUT2D eigenvalue weighted by atomic mass is 16.6. The van der Waals surface area contributed by atoms with Gasteiger partial charge in [-0.25, -0.2) is 4.79 Å². The number of nitrogens with zero attached hydrogens (tertiary/aromatic N) is 1. The number of ether oxygens (including phenoxy) is 1. The minimum atomic E-state index is -0.734. The first-order valence-corrected chi connectivity index (χ1v) is 6.48. The van der Waals surface area contributed by atoms with Crippen LogP contribution in [0.5, 0.6) is 0 Å². The standard InChI is InChI=1S/C13H21NO4/c1-13(2,3)18-12(17)14-5-4-8-6-9(11(15)16)10(8)7-14/h8-10H,4-7H2,1-3H3,(H,15,16)/t8-,9?,10?/m1/s1. The third kappa shape index (κ3) is 2.60. The molecule has 0 radical (unpaired) electrons. The maximum Gasteiger partial charge on any atom is 0.410 e. The second-order valence-corrected chi connectivity index (χ2v) is 6.32. The minimum absolute atomic E-state index is 0.115. The lowest BCUT2D eigenvalue weighted by Crippen LogP contribution is -2.54. The van der Waals surface area contributed by atoms with Crippen LogP contribution in [0.4, 0.5) is 4.79 Å². The summed E-state index contributed by atoms with van der Waals surface area (Å²) in [6, 6.07) is 0. The predicted octanol–water partition coefficient (Wildman–Crippen LogP) is 1.96. The molecule has 1 amide bonds. The topological polar surface area (TPSA) is 66.8 Å². The fraction of sp³-hybridized carbons (Fsp3) is 0.846. The normalized spacial score (nSPS) is 31.3. The van der Waals surface area contributed by atoms with Crippen LogP contribution in [0.2, 0.25) is 0 Å². The van der Waals surface area contributed by atoms with E-state index in [0.29, 0.717) is 19.0 Å². The van der Waals surface area contributed by atoms with Crippen molar-refractivity contribution < 1.29 is 19.4 Å². The molecule has 1 N–H and O–H groups in total. The third-order valence-corrected chi connectivity index (χ3v) is 3.85. The van der Waals surface area contributed by atoms with Crippen molar-refractivity contribution in [2.24, 2.45) is 17.8 Å². The van der Waals surface area contributed by atoms with Crippen molar-refractivity contribution in [3.63, 3.8) is 0 Å². The van der Waals surface area contributed by atoms with E-state index in [4.69, 9.17) is 9.84 Å². The number of hydrogen-bond acceptors (Lipinski definition) is 3. The highest BCUT2D eigenvalue weighted by Gasteiger charge is 2.48. The molecule has 0 aromatic rings. The Morgan fingerprint density at radius 1 is 1.33 bits per heavy atom. The molecule has 0 bridgehead atoms. The maximum absolute atomic E-state index is 11.9. The molecule has 2 fully saturated rings. The number of aliphatic carboxylic acids is 1. The number of rotatable bonds is 1. The molecule has 2 unspecified atom stereocenters. The first kappa shape index (κ1) is 13.2. The van der Waals surface area contributed by atoms with E-state index in [1.165, 1.54) is 0 Å². The van der Waals surface area contributed by atoms with Crippen LogP contribution in [0.15, 0.2) is 0 Å². The Morgan fingerprint density at radius 2 is 2.00 bits per heavy atom. The number of carbonyl (C=O) groups is 2. The molecule has 1 aliphatic heterocycles. The van der Waals surface area contributed by atoms with Gasteiger partial charge in [-0.15, -0.1) is 0 Å². The summed E-state index contributed by atoms with van der Waals surface area (Å²) in [6.45, 7) is 6.71. The number of carbonyl (C=O) groups excluding carboxylic acids is 1. The smallest absolute Gasteiger partial charge is 0.410 e. The number of carboxylic acids is 1. The molecule has 0 aromatic heterocycles. The first-order chi connectivity index (χ1) is 8.28. The van der Waals surface area contributed by atoms with Crippen molar-refractivity contribution in [2.75, 3.05) is 13.1 Å². The zero-order chi connectivity index (χ0) is 13.5. The Bertz CT molecular complexity index is 360. The Hall–Kier alpha value is -1.26. The zero-order valence-corrected chi connectivity index (χ0v) is 11.2. The summed E-state index contributed by atoms with van der Waals surface area (Å²) in [6.07, 6.45) is 1.34. The number of piperidine rings is 1. The highest BCUT2D eigenvalue weighted by Crippen LogP contribution is 2.45. The second-order valence-electron chi connectivity index (χ2n) is 6.32. The minimum Gasteiger partial charge on any atom is -0.481 e. The summed E-state index contributed by atoms with van der Waals surface area (Å²) >= 11 is 0. The molecule has 1 aliphatic carbocycles. The summed E-state index contributed by atoms with van der Waals surface area (Å²) in [7, 11) is 0. The van der Waals surface area contributed by atoms with E-state index in [2.05, 4.69) is 0 Å². The first-order valence-electron chi connectivity index (χ1n) is 6.48. The Morgan fingerprint density at radius 3 is 2.56 bits per heavy atom. The monoisotopic (exact) mass is 255 g/mol. The number of fused-ring (bicyclic) bond motifs is 1. The van der Waals surface area contributed by atoms with Crippen LogP contribution in [-0.4, -0.2) is 40.8 Å². The van der Waals surface area contributed by atoms with Crippen molar-refractivity contribution in [1.29, 1.82) is 0 Å². The van der Waals surface area contributed by atoms with Gasteiger partial charge in [0, 0.05) is 13.1 Å². The quantitative estimate of drug-likeness (QED) is 0.777. The molecule has 0 spiro atoms. The van der Waals surface area contributed by atoms with E-state index in [0.717, 1.165) is 12.8 Å². The molecule has 3 atom stereocenters. The van der Waals surface area contributed by atoms with Crippen molar-refractivity contribution in [1.82, 2.24) is 4.90 Å². The van der Waals surface area contributed by atoms with Gasteiger partial charge in [-0.2, -0.15) is 0 Å². The predicted molar refractivity (Wildman–Crippen MR) is 65.1 cm³/mol. The summed E-state index contributed by atoms with van der Waals surface area (Å²) in [5.41, 5.74) is -0.500. The van der Waals surface area contributed by atoms with Gasteiger partial charge in [0.25, 0.3) is 0 Å². The lowest BCUT2D eigenvalue weighted by molar-refractivity contribution is -0.154. The average Bonchev–Trinajstić information content (AvgIpc) is 2.16. The molecular formula is C13H21NO4. The van der Waals surface area contributed by atoms with Gasteiger partial charge in [0.1, 0.15) is 5.60 Å². The third-order valence-electron chi connectivity index (χ3n) is 3.85. The van der Waals surface area contributed by atoms with Crippen molar-refractivity contribution in [3.05, 3.63) is 0 Å². The highest BCUT2D eigenvalue weighted by molar-refractivity contribution is 5.72. The lowest BCUT2D eigenvalue weighted by atomic mass is 9.62. The number of likely N-dealkylation sites (tertiary alicyclic amines) is 1. The van der Waals surface area contributed by atoms with Crippen molar-refractivity contribution in [2.45, 2.75) is 39.2 Å². The fourth-order valence-electron chi connectivity index (χ4n) is 2.86. The molecule has 2 aliphatic rings. The number of amides is 1. The second kappa shape index (κ2) is 4.44. The van der Waals surface area contributed by atoms with E-state index >= 15 is 0 Å². The van der Waals surface area contributed by atoms with Gasteiger partial charge in [-0.1, -0.05) is 0 Å². The van der Waals surface area contributed by atoms with Gasteiger partial charge in [0.2, 0.25) is 0 Å². The van der Waals surface area contributed by atoms with Gasteiger partial charge in [0.05, 0.1) is 5.92 Å². The average molecular weight is 255 g/mol. The van der Waals surface area contributed by atoms with Gasteiger partial charge in [-0.05, 0) is 45.4 Å². The SMILES string of the molecule is CC(C)(C)OC(=O)N1CC[C@@H]2CC(C(=O)O)C2C1. The van der Waals surface area contributed by atoms with Gasteiger partial charge in [0.15, 0.2) is 0 Å². The van der Waals surface area contributed by atoms with Crippen LogP contribution in [0.1, 0.15) is 33.6 Å². The number of hydrogen-bond donors (Lipinski definition) is 1. The maximum atomic E-state index is 11.9. The van der Waals surface area contributed by atoms with Gasteiger partial charge in [-0.3, -0.25) is 4.79 Å². The molecule has 0 aromatic carbocycles. The molecule has 5 nitrogen and oxygen atoms in total. The summed E-state index contributed by atoms with van der Waals surface area (Å²) in [4.78, 5) is 24.6. The van der Waals surface area contributed by atoms with E-state index in [1.807, 2.05) is 20.8 Å². The molecular weight excluding hydrogens is 234 g/mol. The molecule has 5 heteroatoms. The van der Waals surface area contributed by atoms with Crippen LogP contribution >= 0.6 is 0 Å². The molecule has 18 heavy (non-hydrogen) atoms. The van der Waals surface area contributed by atoms with Crippen LogP contribution in [0.25, 0.3) is 0 Å². The van der Waals surface area contributed by atoms with Crippen LogP contribution in [-0.2, 0) is 9.53 Å². The van der Waals surface area contributed by atoms with E-state index < -0.39 is 11.6 Å². The molecule has 1 saturated heterocycles. The zero-order valence-electron chi connectivity index (χ0n) is 11.2. The van der Waals surface area contributed by atoms with Gasteiger partial charge < -0.3 is 14.7 Å². The van der Waals surface area contributed by atoms with E-state index in [1.54, 1.807) is 4.90 Å². The van der Waals surface area contributed by atoms with Crippen LogP contribution in [0, 0.1) is 17.8 Å². The number of carboxylic acid groups (broad SMARTS) is 1. The van der Waals surface area contributed by atoms with Gasteiger partial charge >= 0.3 is 12.1 Å². The Labute approximate surface area is 107 Å². The molecule has 2 rings (SSSR count). The summed E-state index contributed by atoms with van der Waals surface area (Å²) in [5.74, 6) is -0.420. The molecule has 1 saturated carbocycles. The lowest BCUT2D eigenvalue weighted by Gasteiger charge is -2.49. The Kier molecular flexibility index (Phi) is 3.25. The molecule has 1 heterocycles. The molecule has 102 valence electrons. The summed E-state index contributed by atoms with van der Waals surface area (Å²) in [5, 5.41) is 9.05. The van der Waals surface area contributed by atoms with Crippen molar-refractivity contribution >= 4 is 12.1 Å². The van der Waals surface area contributed by atoms with Crippen molar-refractivity contribution in [3.8, 4) is 0 Å². The van der Waals surface area contributed by atoms with Crippen LogP contribution < -0.4 is 0 Å². The largest absolute Gasteiger partial charge is 0.481 e. The van der Waals surface area contributed by atoms with E-state index in [-0.39, 0.29) is 17.9 Å². The van der Waals surface area contributed by atoms with E-state index in [9.17, 15) is 9.59 Å². The Balaban J connectivity index is 1.93.